The Morgan fingerprint density at radius 3 is 2.58 bits per heavy atom. The van der Waals surface area contributed by atoms with Crippen molar-refractivity contribution >= 4 is 0 Å². The summed E-state index contributed by atoms with van der Waals surface area (Å²) in [6.45, 7) is 10.9. The third-order valence-electron chi connectivity index (χ3n) is 11.6. The predicted octanol–water partition coefficient (Wildman–Crippen LogP) is 4.26. The van der Waals surface area contributed by atoms with Crippen molar-refractivity contribution in [3.63, 3.8) is 0 Å². The van der Waals surface area contributed by atoms with E-state index in [1.165, 1.54) is 24.8 Å². The van der Waals surface area contributed by atoms with Crippen LogP contribution < -0.4 is 5.32 Å². The summed E-state index contributed by atoms with van der Waals surface area (Å²) in [6.07, 6.45) is 10.7. The van der Waals surface area contributed by atoms with Gasteiger partial charge in [-0.05, 0) is 91.8 Å². The van der Waals surface area contributed by atoms with Crippen LogP contribution in [0.4, 0.5) is 0 Å². The normalized spacial score (nSPS) is 60.7. The highest BCUT2D eigenvalue weighted by atomic mass is 16.5. The number of nitrogens with one attached hydrogen (secondary N) is 1. The van der Waals surface area contributed by atoms with E-state index in [4.69, 9.17) is 4.74 Å². The second-order valence-electron chi connectivity index (χ2n) is 13.0. The topological polar surface area (TPSA) is 61.7 Å². The van der Waals surface area contributed by atoms with Crippen LogP contribution in [0.1, 0.15) is 79.1 Å². The largest absolute Gasteiger partial charge is 0.393 e. The summed E-state index contributed by atoms with van der Waals surface area (Å²) in [4.78, 5) is 0. The number of fused-ring (bicyclic) bond motifs is 7. The molecule has 4 heteroatoms. The maximum Gasteiger partial charge on any atom is 0.122 e. The molecule has 3 saturated carbocycles. The first kappa shape index (κ1) is 21.1. The van der Waals surface area contributed by atoms with Crippen molar-refractivity contribution in [3.05, 3.63) is 11.6 Å². The summed E-state index contributed by atoms with van der Waals surface area (Å²) in [7, 11) is 0. The van der Waals surface area contributed by atoms with Crippen LogP contribution in [0.2, 0.25) is 0 Å². The highest BCUT2D eigenvalue weighted by Crippen LogP contribution is 2.70. The van der Waals surface area contributed by atoms with E-state index in [0.29, 0.717) is 35.7 Å². The van der Waals surface area contributed by atoms with Gasteiger partial charge in [-0.25, -0.2) is 0 Å². The summed E-state index contributed by atoms with van der Waals surface area (Å²) in [6, 6.07) is 0. The van der Waals surface area contributed by atoms with Gasteiger partial charge in [0.2, 0.25) is 0 Å². The van der Waals surface area contributed by atoms with Crippen molar-refractivity contribution in [1.29, 1.82) is 0 Å². The molecule has 6 aliphatic rings. The number of aliphatic hydroxyl groups is 2. The highest BCUT2D eigenvalue weighted by Gasteiger charge is 2.69. The molecule has 0 aromatic carbocycles. The molecule has 2 saturated heterocycles. The van der Waals surface area contributed by atoms with E-state index in [-0.39, 0.29) is 28.8 Å². The highest BCUT2D eigenvalue weighted by molar-refractivity contribution is 5.28. The second kappa shape index (κ2) is 6.81. The molecule has 3 N–H and O–H groups in total. The summed E-state index contributed by atoms with van der Waals surface area (Å²) < 4.78 is 6.95. The Morgan fingerprint density at radius 1 is 1.03 bits per heavy atom. The fourth-order valence-corrected chi connectivity index (χ4v) is 9.83. The lowest BCUT2D eigenvalue weighted by molar-refractivity contribution is -0.125. The van der Waals surface area contributed by atoms with Crippen LogP contribution in [-0.4, -0.2) is 40.8 Å². The van der Waals surface area contributed by atoms with Gasteiger partial charge in [-0.2, -0.15) is 0 Å². The molecule has 31 heavy (non-hydrogen) atoms. The molecule has 0 radical (unpaired) electrons. The van der Waals surface area contributed by atoms with Crippen molar-refractivity contribution in [2.75, 3.05) is 6.54 Å². The lowest BCUT2D eigenvalue weighted by Gasteiger charge is -2.59. The van der Waals surface area contributed by atoms with E-state index in [9.17, 15) is 10.2 Å². The Kier molecular flexibility index (Phi) is 4.64. The zero-order valence-electron chi connectivity index (χ0n) is 19.9. The molecule has 1 spiro atoms. The molecule has 12 unspecified atom stereocenters. The molecule has 12 atom stereocenters. The van der Waals surface area contributed by atoms with Gasteiger partial charge in [0.1, 0.15) is 5.72 Å². The van der Waals surface area contributed by atoms with Crippen molar-refractivity contribution in [3.8, 4) is 0 Å². The SMILES string of the molecule is CC1CCC2(NC1)OC1CC3C4C(O)C=C5CC(O)CCC5(C)C4CCC3(C)C1C2C. The van der Waals surface area contributed by atoms with Gasteiger partial charge in [0.25, 0.3) is 0 Å². The Morgan fingerprint density at radius 2 is 1.84 bits per heavy atom. The van der Waals surface area contributed by atoms with E-state index >= 15 is 0 Å². The van der Waals surface area contributed by atoms with Gasteiger partial charge in [-0.3, -0.25) is 5.32 Å². The minimum Gasteiger partial charge on any atom is -0.393 e. The summed E-state index contributed by atoms with van der Waals surface area (Å²) >= 11 is 0. The number of rotatable bonds is 0. The molecule has 174 valence electrons. The zero-order valence-corrected chi connectivity index (χ0v) is 19.9. The molecule has 0 bridgehead atoms. The van der Waals surface area contributed by atoms with Gasteiger partial charge in [-0.15, -0.1) is 0 Å². The van der Waals surface area contributed by atoms with Gasteiger partial charge in [-0.1, -0.05) is 39.3 Å². The standard InChI is InChI=1S/C27H43NO3/c1-15-5-10-27(28-14-15)16(2)24-22(31-27)13-20-23-19(7-9-26(20,24)4)25(3)8-6-18(29)11-17(25)12-21(23)30/h12,15-16,18-24,28-30H,5-11,13-14H2,1-4H3. The Balaban J connectivity index is 1.31. The smallest absolute Gasteiger partial charge is 0.122 e. The van der Waals surface area contributed by atoms with Crippen LogP contribution in [0.25, 0.3) is 0 Å². The molecule has 4 nitrogen and oxygen atoms in total. The maximum absolute atomic E-state index is 11.4. The molecular formula is C27H43NO3. The van der Waals surface area contributed by atoms with E-state index in [0.717, 1.165) is 44.6 Å². The molecular weight excluding hydrogens is 386 g/mol. The minimum atomic E-state index is -0.361. The number of hydrogen-bond donors (Lipinski definition) is 3. The van der Waals surface area contributed by atoms with Gasteiger partial charge in [0.05, 0.1) is 18.3 Å². The van der Waals surface area contributed by atoms with E-state index < -0.39 is 0 Å². The number of ether oxygens (including phenoxy) is 1. The Bertz CT molecular complexity index is 772. The zero-order chi connectivity index (χ0) is 21.8. The van der Waals surface area contributed by atoms with Crippen LogP contribution in [0, 0.1) is 46.3 Å². The van der Waals surface area contributed by atoms with Crippen LogP contribution in [0.5, 0.6) is 0 Å². The monoisotopic (exact) mass is 429 g/mol. The van der Waals surface area contributed by atoms with Gasteiger partial charge < -0.3 is 14.9 Å². The van der Waals surface area contributed by atoms with Crippen LogP contribution in [-0.2, 0) is 4.74 Å². The molecule has 0 aromatic heterocycles. The lowest BCUT2D eigenvalue weighted by atomic mass is 9.46. The Labute approximate surface area is 188 Å². The van der Waals surface area contributed by atoms with Gasteiger partial charge >= 0.3 is 0 Å². The third-order valence-corrected chi connectivity index (χ3v) is 11.6. The first-order valence-electron chi connectivity index (χ1n) is 13.2. The first-order chi connectivity index (χ1) is 14.7. The number of piperidine rings is 1. The molecule has 5 fully saturated rings. The van der Waals surface area contributed by atoms with E-state index in [1.54, 1.807) is 0 Å². The fraction of sp³-hybridized carbons (Fsp3) is 0.926. The number of hydrogen-bond acceptors (Lipinski definition) is 4. The summed E-state index contributed by atoms with van der Waals surface area (Å²) in [5, 5.41) is 25.5. The average Bonchev–Trinajstić information content (AvgIpc) is 3.16. The molecule has 4 aliphatic carbocycles. The third kappa shape index (κ3) is 2.74. The minimum absolute atomic E-state index is 0.115. The lowest BCUT2D eigenvalue weighted by Crippen LogP contribution is -2.58. The maximum atomic E-state index is 11.4. The summed E-state index contributed by atoms with van der Waals surface area (Å²) in [5.41, 5.74) is 1.65. The molecule has 6 rings (SSSR count). The van der Waals surface area contributed by atoms with E-state index in [2.05, 4.69) is 39.1 Å². The Hall–Kier alpha value is -0.420. The fourth-order valence-electron chi connectivity index (χ4n) is 9.83. The second-order valence-corrected chi connectivity index (χ2v) is 13.0. The van der Waals surface area contributed by atoms with Crippen molar-refractivity contribution < 1.29 is 14.9 Å². The van der Waals surface area contributed by atoms with Crippen LogP contribution in [0.15, 0.2) is 11.6 Å². The van der Waals surface area contributed by atoms with Crippen molar-refractivity contribution in [2.45, 2.75) is 103 Å². The first-order valence-corrected chi connectivity index (χ1v) is 13.2. The molecule has 0 amide bonds. The molecule has 2 aliphatic heterocycles. The van der Waals surface area contributed by atoms with Crippen molar-refractivity contribution in [1.82, 2.24) is 5.32 Å². The van der Waals surface area contributed by atoms with E-state index in [1.807, 2.05) is 0 Å². The average molecular weight is 430 g/mol. The quantitative estimate of drug-likeness (QED) is 0.504. The molecule has 2 heterocycles. The summed E-state index contributed by atoms with van der Waals surface area (Å²) in [5.74, 6) is 3.31. The van der Waals surface area contributed by atoms with Crippen LogP contribution >= 0.6 is 0 Å². The van der Waals surface area contributed by atoms with Crippen molar-refractivity contribution in [2.24, 2.45) is 46.3 Å². The van der Waals surface area contributed by atoms with Gasteiger partial charge in [0, 0.05) is 12.5 Å². The molecule has 0 aromatic rings. The predicted molar refractivity (Wildman–Crippen MR) is 121 cm³/mol. The van der Waals surface area contributed by atoms with Gasteiger partial charge in [0.15, 0.2) is 0 Å². The van der Waals surface area contributed by atoms with Crippen LogP contribution in [0.3, 0.4) is 0 Å². The number of aliphatic hydroxyl groups excluding tert-OH is 2.